The first-order valence-electron chi connectivity index (χ1n) is 6.23. The quantitative estimate of drug-likeness (QED) is 0.393. The van der Waals surface area contributed by atoms with E-state index in [1.165, 1.54) is 0 Å². The zero-order valence-corrected chi connectivity index (χ0v) is 11.6. The van der Waals surface area contributed by atoms with E-state index in [4.69, 9.17) is 20.6 Å². The van der Waals surface area contributed by atoms with Gasteiger partial charge < -0.3 is 20.1 Å². The molecule has 6 heteroatoms. The summed E-state index contributed by atoms with van der Waals surface area (Å²) in [5.41, 5.74) is 6.95. The number of nitrogens with one attached hydrogen (secondary N) is 1. The van der Waals surface area contributed by atoms with Gasteiger partial charge in [0, 0.05) is 40.1 Å². The number of hydrogen-bond donors (Lipinski definition) is 2. The molecule has 0 fully saturated rings. The summed E-state index contributed by atoms with van der Waals surface area (Å²) in [6.45, 7) is 2.84. The standard InChI is InChI=1S/C13H22N4O2/c1-18-9-4-7-17(8-10-19-2)11-5-3-6-16-12(11)13(14)15/h3,5-6H,4,7-10H2,1-2H3,(H3,14,15). The normalized spacial score (nSPS) is 10.4. The van der Waals surface area contributed by atoms with E-state index in [1.54, 1.807) is 20.4 Å². The SMILES string of the molecule is COCCCN(CCOC)c1cccnc1C(=N)N. The Labute approximate surface area is 114 Å². The summed E-state index contributed by atoms with van der Waals surface area (Å²) in [5.74, 6) is -0.0234. The number of anilines is 1. The highest BCUT2D eigenvalue weighted by atomic mass is 16.5. The van der Waals surface area contributed by atoms with Gasteiger partial charge in [0.2, 0.25) is 0 Å². The summed E-state index contributed by atoms with van der Waals surface area (Å²) < 4.78 is 10.2. The Morgan fingerprint density at radius 2 is 2.05 bits per heavy atom. The average Bonchev–Trinajstić information content (AvgIpc) is 2.42. The highest BCUT2D eigenvalue weighted by Crippen LogP contribution is 2.18. The molecule has 1 aromatic heterocycles. The van der Waals surface area contributed by atoms with Crippen LogP contribution in [-0.4, -0.2) is 51.3 Å². The lowest BCUT2D eigenvalue weighted by atomic mass is 10.2. The Morgan fingerprint density at radius 1 is 1.32 bits per heavy atom. The van der Waals surface area contributed by atoms with Crippen LogP contribution >= 0.6 is 0 Å². The summed E-state index contributed by atoms with van der Waals surface area (Å²) in [5, 5.41) is 7.59. The molecule has 6 nitrogen and oxygen atoms in total. The summed E-state index contributed by atoms with van der Waals surface area (Å²) in [4.78, 5) is 6.29. The zero-order chi connectivity index (χ0) is 14.1. The number of methoxy groups -OCH3 is 2. The average molecular weight is 266 g/mol. The van der Waals surface area contributed by atoms with E-state index in [0.717, 1.165) is 25.2 Å². The van der Waals surface area contributed by atoms with Gasteiger partial charge in [-0.3, -0.25) is 10.4 Å². The molecule has 0 aliphatic carbocycles. The number of nitrogen functional groups attached to an aromatic ring is 1. The Bertz CT molecular complexity index is 398. The van der Waals surface area contributed by atoms with E-state index >= 15 is 0 Å². The van der Waals surface area contributed by atoms with Crippen LogP contribution in [0.4, 0.5) is 5.69 Å². The Kier molecular flexibility index (Phi) is 6.84. The van der Waals surface area contributed by atoms with Crippen LogP contribution in [0, 0.1) is 5.41 Å². The third-order valence-corrected chi connectivity index (χ3v) is 2.72. The number of amidine groups is 1. The third kappa shape index (κ3) is 4.84. The van der Waals surface area contributed by atoms with Gasteiger partial charge in [-0.2, -0.15) is 0 Å². The second-order valence-corrected chi connectivity index (χ2v) is 4.11. The van der Waals surface area contributed by atoms with E-state index in [-0.39, 0.29) is 5.84 Å². The zero-order valence-electron chi connectivity index (χ0n) is 11.6. The minimum absolute atomic E-state index is 0.0234. The summed E-state index contributed by atoms with van der Waals surface area (Å²) in [6, 6.07) is 3.77. The summed E-state index contributed by atoms with van der Waals surface area (Å²) in [7, 11) is 3.35. The topological polar surface area (TPSA) is 84.5 Å². The van der Waals surface area contributed by atoms with E-state index in [1.807, 2.05) is 12.1 Å². The molecule has 1 rings (SSSR count). The van der Waals surface area contributed by atoms with Gasteiger partial charge >= 0.3 is 0 Å². The number of nitrogens with two attached hydrogens (primary N) is 1. The van der Waals surface area contributed by atoms with Crippen molar-refractivity contribution in [2.45, 2.75) is 6.42 Å². The van der Waals surface area contributed by atoms with Crippen LogP contribution in [0.25, 0.3) is 0 Å². The number of aromatic nitrogens is 1. The molecule has 0 unspecified atom stereocenters. The van der Waals surface area contributed by atoms with E-state index in [0.29, 0.717) is 18.9 Å². The van der Waals surface area contributed by atoms with Gasteiger partial charge in [0.25, 0.3) is 0 Å². The Morgan fingerprint density at radius 3 is 2.68 bits per heavy atom. The number of ether oxygens (including phenoxy) is 2. The van der Waals surface area contributed by atoms with Crippen molar-refractivity contribution in [2.75, 3.05) is 45.4 Å². The molecule has 106 valence electrons. The van der Waals surface area contributed by atoms with Crippen molar-refractivity contribution in [3.8, 4) is 0 Å². The number of nitrogens with zero attached hydrogens (tertiary/aromatic N) is 2. The molecule has 0 amide bonds. The number of hydrogen-bond acceptors (Lipinski definition) is 5. The van der Waals surface area contributed by atoms with Crippen LogP contribution in [-0.2, 0) is 9.47 Å². The second-order valence-electron chi connectivity index (χ2n) is 4.11. The first kappa shape index (κ1) is 15.4. The van der Waals surface area contributed by atoms with Gasteiger partial charge in [-0.05, 0) is 18.6 Å². The first-order chi connectivity index (χ1) is 9.20. The summed E-state index contributed by atoms with van der Waals surface area (Å²) in [6.07, 6.45) is 2.54. The van der Waals surface area contributed by atoms with Crippen LogP contribution in [0.5, 0.6) is 0 Å². The molecule has 3 N–H and O–H groups in total. The maximum Gasteiger partial charge on any atom is 0.143 e. The third-order valence-electron chi connectivity index (χ3n) is 2.72. The van der Waals surface area contributed by atoms with Gasteiger partial charge in [-0.25, -0.2) is 0 Å². The van der Waals surface area contributed by atoms with Crippen LogP contribution in [0.2, 0.25) is 0 Å². The molecular formula is C13H22N4O2. The minimum atomic E-state index is -0.0234. The largest absolute Gasteiger partial charge is 0.385 e. The maximum atomic E-state index is 7.59. The molecule has 0 aliphatic rings. The van der Waals surface area contributed by atoms with Crippen molar-refractivity contribution in [3.63, 3.8) is 0 Å². The first-order valence-corrected chi connectivity index (χ1v) is 6.23. The number of pyridine rings is 1. The monoisotopic (exact) mass is 266 g/mol. The fourth-order valence-electron chi connectivity index (χ4n) is 1.81. The van der Waals surface area contributed by atoms with Crippen LogP contribution < -0.4 is 10.6 Å². The predicted molar refractivity (Wildman–Crippen MR) is 75.8 cm³/mol. The molecule has 0 atom stereocenters. The minimum Gasteiger partial charge on any atom is -0.385 e. The van der Waals surface area contributed by atoms with Crippen molar-refractivity contribution in [1.29, 1.82) is 5.41 Å². The van der Waals surface area contributed by atoms with Gasteiger partial charge in [0.1, 0.15) is 11.5 Å². The summed E-state index contributed by atoms with van der Waals surface area (Å²) >= 11 is 0. The molecule has 0 bridgehead atoms. The second kappa shape index (κ2) is 8.44. The highest BCUT2D eigenvalue weighted by Gasteiger charge is 2.13. The maximum absolute atomic E-state index is 7.59. The van der Waals surface area contributed by atoms with Crippen molar-refractivity contribution in [3.05, 3.63) is 24.0 Å². The smallest absolute Gasteiger partial charge is 0.143 e. The molecule has 0 radical (unpaired) electrons. The molecule has 1 heterocycles. The van der Waals surface area contributed by atoms with E-state index in [9.17, 15) is 0 Å². The highest BCUT2D eigenvalue weighted by molar-refractivity contribution is 5.98. The molecule has 0 saturated heterocycles. The lowest BCUT2D eigenvalue weighted by Gasteiger charge is -2.26. The van der Waals surface area contributed by atoms with Crippen molar-refractivity contribution < 1.29 is 9.47 Å². The van der Waals surface area contributed by atoms with Crippen molar-refractivity contribution >= 4 is 11.5 Å². The molecule has 0 aliphatic heterocycles. The Balaban J connectivity index is 2.85. The predicted octanol–water partition coefficient (Wildman–Crippen LogP) is 0.855. The lowest BCUT2D eigenvalue weighted by molar-refractivity contribution is 0.191. The molecule has 1 aromatic rings. The fraction of sp³-hybridized carbons (Fsp3) is 0.538. The van der Waals surface area contributed by atoms with E-state index in [2.05, 4.69) is 9.88 Å². The molecule has 19 heavy (non-hydrogen) atoms. The van der Waals surface area contributed by atoms with Gasteiger partial charge in [0.05, 0.1) is 12.3 Å². The molecule has 0 spiro atoms. The number of rotatable bonds is 9. The van der Waals surface area contributed by atoms with Gasteiger partial charge in [-0.15, -0.1) is 0 Å². The molecular weight excluding hydrogens is 244 g/mol. The van der Waals surface area contributed by atoms with Gasteiger partial charge in [-0.1, -0.05) is 0 Å². The molecule has 0 aromatic carbocycles. The van der Waals surface area contributed by atoms with Crippen molar-refractivity contribution in [2.24, 2.45) is 5.73 Å². The van der Waals surface area contributed by atoms with Gasteiger partial charge in [0.15, 0.2) is 0 Å². The lowest BCUT2D eigenvalue weighted by Crippen LogP contribution is -2.31. The van der Waals surface area contributed by atoms with Crippen molar-refractivity contribution in [1.82, 2.24) is 4.98 Å². The Hall–Kier alpha value is -1.66. The van der Waals surface area contributed by atoms with Crippen LogP contribution in [0.1, 0.15) is 12.1 Å². The fourth-order valence-corrected chi connectivity index (χ4v) is 1.81. The van der Waals surface area contributed by atoms with Crippen LogP contribution in [0.3, 0.4) is 0 Å². The van der Waals surface area contributed by atoms with E-state index < -0.39 is 0 Å². The molecule has 0 saturated carbocycles. The van der Waals surface area contributed by atoms with Crippen LogP contribution in [0.15, 0.2) is 18.3 Å².